The zero-order valence-electron chi connectivity index (χ0n) is 17.0. The van der Waals surface area contributed by atoms with E-state index in [1.807, 2.05) is 4.90 Å². The fourth-order valence-electron chi connectivity index (χ4n) is 3.19. The molecule has 2 amide bonds. The Labute approximate surface area is 182 Å². The predicted octanol–water partition coefficient (Wildman–Crippen LogP) is 1.46. The van der Waals surface area contributed by atoms with Crippen LogP contribution in [0.15, 0.2) is 5.38 Å². The minimum absolute atomic E-state index is 0.106. The monoisotopic (exact) mass is 456 g/mol. The molecule has 3 rings (SSSR count). The molecule has 0 spiro atoms. The van der Waals surface area contributed by atoms with Crippen molar-refractivity contribution in [1.29, 1.82) is 0 Å². The van der Waals surface area contributed by atoms with Gasteiger partial charge in [0.1, 0.15) is 5.69 Å². The maximum absolute atomic E-state index is 12.5. The summed E-state index contributed by atoms with van der Waals surface area (Å²) in [6, 6.07) is -0.209. The van der Waals surface area contributed by atoms with Crippen molar-refractivity contribution in [2.75, 3.05) is 31.1 Å². The lowest BCUT2D eigenvalue weighted by Crippen LogP contribution is -2.49. The van der Waals surface area contributed by atoms with E-state index in [1.165, 1.54) is 41.8 Å². The number of nitrogens with one attached hydrogen (secondary N) is 1. The first-order valence-corrected chi connectivity index (χ1v) is 11.3. The van der Waals surface area contributed by atoms with Crippen LogP contribution < -0.4 is 10.2 Å². The molecule has 30 heavy (non-hydrogen) atoms. The molecule has 2 saturated heterocycles. The number of aromatic nitrogens is 1. The highest BCUT2D eigenvalue weighted by atomic mass is 32.2. The number of rotatable bonds is 6. The molecule has 2 atom stereocenters. The number of esters is 1. The summed E-state index contributed by atoms with van der Waals surface area (Å²) in [6.07, 6.45) is -0.963. The fraction of sp³-hybridized carbons (Fsp3) is 0.611. The van der Waals surface area contributed by atoms with Crippen LogP contribution in [-0.4, -0.2) is 76.7 Å². The Hall–Kier alpha value is -2.34. The summed E-state index contributed by atoms with van der Waals surface area (Å²) in [6.45, 7) is 6.49. The first-order chi connectivity index (χ1) is 14.2. The highest BCUT2D eigenvalue weighted by Gasteiger charge is 2.32. The second-order valence-corrected chi connectivity index (χ2v) is 9.43. The van der Waals surface area contributed by atoms with Crippen molar-refractivity contribution in [3.63, 3.8) is 0 Å². The number of amides is 2. The normalized spacial score (nSPS) is 19.8. The number of anilines is 1. The molecule has 1 aromatic rings. The zero-order chi connectivity index (χ0) is 21.8. The molecule has 1 unspecified atom stereocenters. The van der Waals surface area contributed by atoms with E-state index in [9.17, 15) is 19.2 Å². The maximum atomic E-state index is 12.5. The molecule has 2 aliphatic heterocycles. The van der Waals surface area contributed by atoms with Gasteiger partial charge in [-0.05, 0) is 6.42 Å². The number of ether oxygens (including phenoxy) is 2. The highest BCUT2D eigenvalue weighted by molar-refractivity contribution is 8.14. The Bertz CT molecular complexity index is 825. The highest BCUT2D eigenvalue weighted by Crippen LogP contribution is 2.30. The maximum Gasteiger partial charge on any atom is 0.412 e. The molecule has 0 aromatic carbocycles. The minimum atomic E-state index is -0.966. The molecule has 0 aliphatic carbocycles. The van der Waals surface area contributed by atoms with E-state index in [-0.39, 0.29) is 22.3 Å². The van der Waals surface area contributed by atoms with Crippen LogP contribution in [0.25, 0.3) is 0 Å². The number of hydrogen-bond donors (Lipinski definition) is 1. The molecule has 1 aromatic heterocycles. The van der Waals surface area contributed by atoms with Crippen molar-refractivity contribution >= 4 is 51.3 Å². The van der Waals surface area contributed by atoms with Gasteiger partial charge < -0.3 is 24.6 Å². The van der Waals surface area contributed by atoms with Gasteiger partial charge in [-0.2, -0.15) is 0 Å². The smallest absolute Gasteiger partial charge is 0.412 e. The average molecular weight is 457 g/mol. The fourth-order valence-corrected chi connectivity index (χ4v) is 5.00. The molecule has 3 heterocycles. The summed E-state index contributed by atoms with van der Waals surface area (Å²) in [5.74, 6) is -0.822. The van der Waals surface area contributed by atoms with Gasteiger partial charge in [0.05, 0.1) is 0 Å². The molecule has 0 saturated carbocycles. The third kappa shape index (κ3) is 5.85. The van der Waals surface area contributed by atoms with Crippen molar-refractivity contribution in [2.24, 2.45) is 0 Å². The van der Waals surface area contributed by atoms with Crippen LogP contribution in [0.4, 0.5) is 9.93 Å². The quantitative estimate of drug-likeness (QED) is 0.501. The zero-order valence-corrected chi connectivity index (χ0v) is 18.6. The van der Waals surface area contributed by atoms with Gasteiger partial charge in [-0.3, -0.25) is 14.4 Å². The van der Waals surface area contributed by atoms with E-state index in [0.29, 0.717) is 25.2 Å². The van der Waals surface area contributed by atoms with Crippen LogP contribution in [0.5, 0.6) is 0 Å². The van der Waals surface area contributed by atoms with Gasteiger partial charge in [0, 0.05) is 63.6 Å². The molecule has 1 N–H and O–H groups in total. The lowest BCUT2D eigenvalue weighted by Gasteiger charge is -2.37. The van der Waals surface area contributed by atoms with Gasteiger partial charge in [-0.1, -0.05) is 11.8 Å². The van der Waals surface area contributed by atoms with E-state index >= 15 is 0 Å². The predicted molar refractivity (Wildman–Crippen MR) is 112 cm³/mol. The van der Waals surface area contributed by atoms with Gasteiger partial charge in [0.25, 0.3) is 5.91 Å². The molecule has 164 valence electrons. The second kappa shape index (κ2) is 9.65. The number of carbonyl (C=O) groups is 4. The lowest BCUT2D eigenvalue weighted by atomic mass is 10.2. The van der Waals surface area contributed by atoms with E-state index in [4.69, 9.17) is 9.47 Å². The standard InChI is InChI=1S/C18H24N4O6S2/c1-10(23)27-12(3)28-18(26)21-5-4-13(6-21)19-16(25)15-9-29-17(20-15)22-7-14(8-22)30-11(2)24/h9,12-14H,4-8H2,1-3H3,(H,19,25)/t12?,13-/m1/s1. The molecule has 2 aliphatic rings. The van der Waals surface area contributed by atoms with E-state index < -0.39 is 18.4 Å². The number of thioether (sulfide) groups is 1. The lowest BCUT2D eigenvalue weighted by molar-refractivity contribution is -0.163. The SMILES string of the molecule is CC(=O)OC(C)OC(=O)N1CC[C@@H](NC(=O)c2csc(N3CC(SC(C)=O)C3)n2)C1. The molecule has 10 nitrogen and oxygen atoms in total. The van der Waals surface area contributed by atoms with E-state index in [1.54, 1.807) is 12.3 Å². The number of hydrogen-bond acceptors (Lipinski definition) is 10. The number of likely N-dealkylation sites (tertiary alicyclic amines) is 1. The topological polar surface area (TPSA) is 118 Å². The summed E-state index contributed by atoms with van der Waals surface area (Å²) in [5, 5.41) is 5.74. The largest absolute Gasteiger partial charge is 0.426 e. The number of thiazole rings is 1. The van der Waals surface area contributed by atoms with Crippen LogP contribution in [0.2, 0.25) is 0 Å². The van der Waals surface area contributed by atoms with Gasteiger partial charge in [-0.15, -0.1) is 11.3 Å². The Balaban J connectivity index is 1.44. The second-order valence-electron chi connectivity index (χ2n) is 7.12. The molecule has 2 fully saturated rings. The van der Waals surface area contributed by atoms with Gasteiger partial charge in [-0.25, -0.2) is 9.78 Å². The van der Waals surface area contributed by atoms with Crippen molar-refractivity contribution < 1.29 is 28.7 Å². The van der Waals surface area contributed by atoms with Crippen LogP contribution in [0.1, 0.15) is 37.7 Å². The minimum Gasteiger partial charge on any atom is -0.426 e. The van der Waals surface area contributed by atoms with Crippen molar-refractivity contribution in [2.45, 2.75) is 44.8 Å². The van der Waals surface area contributed by atoms with Crippen molar-refractivity contribution in [3.05, 3.63) is 11.1 Å². The molecule has 0 radical (unpaired) electrons. The third-order valence-corrected chi connectivity index (χ3v) is 6.42. The first-order valence-electron chi connectivity index (χ1n) is 9.52. The molecule has 0 bridgehead atoms. The summed E-state index contributed by atoms with van der Waals surface area (Å²) < 4.78 is 9.84. The summed E-state index contributed by atoms with van der Waals surface area (Å²) in [5.41, 5.74) is 0.335. The Morgan fingerprint density at radius 3 is 2.63 bits per heavy atom. The molecular formula is C18H24N4O6S2. The summed E-state index contributed by atoms with van der Waals surface area (Å²) >= 11 is 2.72. The van der Waals surface area contributed by atoms with Crippen LogP contribution in [0, 0.1) is 0 Å². The third-order valence-electron chi connectivity index (χ3n) is 4.56. The van der Waals surface area contributed by atoms with Crippen LogP contribution in [-0.2, 0) is 19.1 Å². The molecular weight excluding hydrogens is 432 g/mol. The van der Waals surface area contributed by atoms with Gasteiger partial charge >= 0.3 is 12.1 Å². The van der Waals surface area contributed by atoms with Gasteiger partial charge in [0.2, 0.25) is 6.29 Å². The van der Waals surface area contributed by atoms with Crippen LogP contribution >= 0.6 is 23.1 Å². The van der Waals surface area contributed by atoms with E-state index in [2.05, 4.69) is 10.3 Å². The van der Waals surface area contributed by atoms with Crippen molar-refractivity contribution in [3.8, 4) is 0 Å². The van der Waals surface area contributed by atoms with Gasteiger partial charge in [0.15, 0.2) is 10.2 Å². The Morgan fingerprint density at radius 1 is 1.23 bits per heavy atom. The number of carbonyl (C=O) groups excluding carboxylic acids is 4. The Morgan fingerprint density at radius 2 is 1.97 bits per heavy atom. The summed E-state index contributed by atoms with van der Waals surface area (Å²) in [4.78, 5) is 54.5. The van der Waals surface area contributed by atoms with Crippen LogP contribution in [0.3, 0.4) is 0 Å². The Kier molecular flexibility index (Phi) is 7.19. The van der Waals surface area contributed by atoms with Crippen molar-refractivity contribution in [1.82, 2.24) is 15.2 Å². The summed E-state index contributed by atoms with van der Waals surface area (Å²) in [7, 11) is 0. The first kappa shape index (κ1) is 22.3. The number of nitrogens with zero attached hydrogens (tertiary/aromatic N) is 3. The average Bonchev–Trinajstić information content (AvgIpc) is 3.26. The van der Waals surface area contributed by atoms with E-state index in [0.717, 1.165) is 18.2 Å². The molecule has 12 heteroatoms.